The molecule has 1 saturated heterocycles. The van der Waals surface area contributed by atoms with Gasteiger partial charge in [-0.1, -0.05) is 42.6 Å². The van der Waals surface area contributed by atoms with Gasteiger partial charge in [-0.15, -0.1) is 0 Å². The van der Waals surface area contributed by atoms with Crippen molar-refractivity contribution >= 4 is 23.2 Å². The molecule has 0 radical (unpaired) electrons. The second-order valence-electron chi connectivity index (χ2n) is 4.90. The van der Waals surface area contributed by atoms with Gasteiger partial charge in [-0.25, -0.2) is 0 Å². The first-order valence-electron chi connectivity index (χ1n) is 6.34. The number of hydrogen-bond acceptors (Lipinski definition) is 2. The van der Waals surface area contributed by atoms with E-state index in [-0.39, 0.29) is 6.10 Å². The summed E-state index contributed by atoms with van der Waals surface area (Å²) in [6.07, 6.45) is 3.39. The fourth-order valence-electron chi connectivity index (χ4n) is 2.49. The molecule has 0 bridgehead atoms. The van der Waals surface area contributed by atoms with Crippen LogP contribution in [-0.2, 0) is 10.3 Å². The molecule has 0 amide bonds. The van der Waals surface area contributed by atoms with Gasteiger partial charge in [0, 0.05) is 12.8 Å². The van der Waals surface area contributed by atoms with E-state index in [2.05, 4.69) is 6.92 Å². The van der Waals surface area contributed by atoms with Crippen molar-refractivity contribution in [2.24, 2.45) is 0 Å². The maximum absolute atomic E-state index is 10.8. The number of ether oxygens (including phenoxy) is 1. The molecule has 2 nitrogen and oxygen atoms in total. The topological polar surface area (TPSA) is 29.5 Å². The summed E-state index contributed by atoms with van der Waals surface area (Å²) < 4.78 is 5.67. The standard InChI is InChI=1S/C14H18Cl2O2/c1-2-3-11-9-14(17,6-7-18-11)10-4-5-12(15)13(16)8-10/h4-5,8,11,17H,2-3,6-7,9H2,1H3. The van der Waals surface area contributed by atoms with Gasteiger partial charge < -0.3 is 9.84 Å². The Morgan fingerprint density at radius 2 is 2.17 bits per heavy atom. The highest BCUT2D eigenvalue weighted by molar-refractivity contribution is 6.42. The third kappa shape index (κ3) is 3.00. The Morgan fingerprint density at radius 1 is 1.39 bits per heavy atom. The summed E-state index contributed by atoms with van der Waals surface area (Å²) in [5, 5.41) is 11.8. The van der Waals surface area contributed by atoms with Crippen molar-refractivity contribution in [3.63, 3.8) is 0 Å². The summed E-state index contributed by atoms with van der Waals surface area (Å²) >= 11 is 11.9. The Hall–Kier alpha value is -0.280. The van der Waals surface area contributed by atoms with Crippen LogP contribution in [0.3, 0.4) is 0 Å². The zero-order chi connectivity index (χ0) is 13.2. The number of hydrogen-bond donors (Lipinski definition) is 1. The Balaban J connectivity index is 2.21. The molecular weight excluding hydrogens is 271 g/mol. The molecule has 1 aromatic rings. The normalized spacial score (nSPS) is 28.3. The van der Waals surface area contributed by atoms with E-state index in [9.17, 15) is 5.11 Å². The van der Waals surface area contributed by atoms with E-state index in [1.54, 1.807) is 12.1 Å². The Kier molecular flexibility index (Phi) is 4.54. The van der Waals surface area contributed by atoms with Crippen LogP contribution in [0.25, 0.3) is 0 Å². The van der Waals surface area contributed by atoms with Crippen molar-refractivity contribution in [1.29, 1.82) is 0 Å². The van der Waals surface area contributed by atoms with Crippen molar-refractivity contribution in [3.05, 3.63) is 33.8 Å². The Labute approximate surface area is 118 Å². The van der Waals surface area contributed by atoms with Crippen molar-refractivity contribution in [2.75, 3.05) is 6.61 Å². The molecule has 2 rings (SSSR count). The molecule has 1 aromatic carbocycles. The van der Waals surface area contributed by atoms with Gasteiger partial charge in [0.25, 0.3) is 0 Å². The maximum Gasteiger partial charge on any atom is 0.0943 e. The highest BCUT2D eigenvalue weighted by Crippen LogP contribution is 2.38. The molecule has 0 aliphatic carbocycles. The third-order valence-corrected chi connectivity index (χ3v) is 4.24. The van der Waals surface area contributed by atoms with E-state index in [0.29, 0.717) is 29.5 Å². The van der Waals surface area contributed by atoms with E-state index in [0.717, 1.165) is 18.4 Å². The minimum absolute atomic E-state index is 0.128. The van der Waals surface area contributed by atoms with Crippen LogP contribution in [-0.4, -0.2) is 17.8 Å². The second-order valence-corrected chi connectivity index (χ2v) is 5.71. The number of benzene rings is 1. The predicted molar refractivity (Wildman–Crippen MR) is 74.2 cm³/mol. The number of aliphatic hydroxyl groups is 1. The first-order chi connectivity index (χ1) is 8.55. The van der Waals surface area contributed by atoms with Crippen LogP contribution < -0.4 is 0 Å². The minimum Gasteiger partial charge on any atom is -0.385 e. The summed E-state index contributed by atoms with van der Waals surface area (Å²) in [6, 6.07) is 5.35. The fraction of sp³-hybridized carbons (Fsp3) is 0.571. The smallest absolute Gasteiger partial charge is 0.0943 e. The zero-order valence-electron chi connectivity index (χ0n) is 10.5. The van der Waals surface area contributed by atoms with Crippen molar-refractivity contribution in [2.45, 2.75) is 44.3 Å². The van der Waals surface area contributed by atoms with E-state index in [1.807, 2.05) is 6.07 Å². The summed E-state index contributed by atoms with van der Waals surface area (Å²) in [5.74, 6) is 0. The van der Waals surface area contributed by atoms with Crippen LogP contribution in [0.15, 0.2) is 18.2 Å². The quantitative estimate of drug-likeness (QED) is 0.905. The fourth-order valence-corrected chi connectivity index (χ4v) is 2.79. The largest absolute Gasteiger partial charge is 0.385 e. The van der Waals surface area contributed by atoms with Gasteiger partial charge in [0.1, 0.15) is 0 Å². The van der Waals surface area contributed by atoms with Gasteiger partial charge in [-0.2, -0.15) is 0 Å². The predicted octanol–water partition coefficient (Wildman–Crippen LogP) is 4.16. The van der Waals surface area contributed by atoms with Gasteiger partial charge in [0.05, 0.1) is 28.4 Å². The molecule has 18 heavy (non-hydrogen) atoms. The van der Waals surface area contributed by atoms with Gasteiger partial charge in [0.15, 0.2) is 0 Å². The lowest BCUT2D eigenvalue weighted by molar-refractivity contribution is -0.110. The summed E-state index contributed by atoms with van der Waals surface area (Å²) in [7, 11) is 0. The lowest BCUT2D eigenvalue weighted by Crippen LogP contribution is -2.38. The molecule has 2 unspecified atom stereocenters. The summed E-state index contributed by atoms with van der Waals surface area (Å²) in [5.41, 5.74) is -0.00642. The Bertz CT molecular complexity index is 420. The molecule has 0 saturated carbocycles. The van der Waals surface area contributed by atoms with Crippen LogP contribution in [0.1, 0.15) is 38.2 Å². The first-order valence-corrected chi connectivity index (χ1v) is 7.10. The average molecular weight is 289 g/mol. The average Bonchev–Trinajstić information content (AvgIpc) is 2.33. The number of halogens is 2. The highest BCUT2D eigenvalue weighted by atomic mass is 35.5. The molecule has 100 valence electrons. The van der Waals surface area contributed by atoms with Gasteiger partial charge in [0.2, 0.25) is 0 Å². The van der Waals surface area contributed by atoms with Crippen molar-refractivity contribution in [3.8, 4) is 0 Å². The maximum atomic E-state index is 10.8. The van der Waals surface area contributed by atoms with Crippen molar-refractivity contribution in [1.82, 2.24) is 0 Å². The van der Waals surface area contributed by atoms with E-state index in [1.165, 1.54) is 0 Å². The molecule has 1 aliphatic heterocycles. The zero-order valence-corrected chi connectivity index (χ0v) is 12.0. The van der Waals surface area contributed by atoms with E-state index in [4.69, 9.17) is 27.9 Å². The van der Waals surface area contributed by atoms with Crippen LogP contribution in [0.5, 0.6) is 0 Å². The Morgan fingerprint density at radius 3 is 2.83 bits per heavy atom. The van der Waals surface area contributed by atoms with Gasteiger partial charge in [-0.05, 0) is 24.1 Å². The lowest BCUT2D eigenvalue weighted by atomic mass is 9.83. The van der Waals surface area contributed by atoms with Crippen LogP contribution in [0.2, 0.25) is 10.0 Å². The summed E-state index contributed by atoms with van der Waals surface area (Å²) in [6.45, 7) is 2.71. The monoisotopic (exact) mass is 288 g/mol. The molecule has 0 spiro atoms. The van der Waals surface area contributed by atoms with Gasteiger partial charge >= 0.3 is 0 Å². The van der Waals surface area contributed by atoms with Gasteiger partial charge in [-0.3, -0.25) is 0 Å². The second kappa shape index (κ2) is 5.79. The SMILES string of the molecule is CCCC1CC(O)(c2ccc(Cl)c(Cl)c2)CCO1. The van der Waals surface area contributed by atoms with Crippen LogP contribution >= 0.6 is 23.2 Å². The van der Waals surface area contributed by atoms with Crippen molar-refractivity contribution < 1.29 is 9.84 Å². The van der Waals surface area contributed by atoms with E-state index >= 15 is 0 Å². The molecular formula is C14H18Cl2O2. The molecule has 1 N–H and O–H groups in total. The lowest BCUT2D eigenvalue weighted by Gasteiger charge is -2.37. The van der Waals surface area contributed by atoms with Crippen LogP contribution in [0.4, 0.5) is 0 Å². The molecule has 4 heteroatoms. The number of rotatable bonds is 3. The van der Waals surface area contributed by atoms with E-state index < -0.39 is 5.60 Å². The first kappa shape index (κ1) is 14.1. The molecule has 1 heterocycles. The summed E-state index contributed by atoms with van der Waals surface area (Å²) in [4.78, 5) is 0. The molecule has 1 aliphatic rings. The third-order valence-electron chi connectivity index (χ3n) is 3.50. The van der Waals surface area contributed by atoms with Crippen LogP contribution in [0, 0.1) is 0 Å². The molecule has 0 aromatic heterocycles. The molecule has 1 fully saturated rings. The molecule has 2 atom stereocenters. The highest BCUT2D eigenvalue weighted by Gasteiger charge is 2.36. The minimum atomic E-state index is -0.841.